The molecule has 3 rings (SSSR count). The zero-order valence-electron chi connectivity index (χ0n) is 16.5. The van der Waals surface area contributed by atoms with E-state index in [0.29, 0.717) is 28.3 Å². The Morgan fingerprint density at radius 2 is 1.62 bits per heavy atom. The average Bonchev–Trinajstić information content (AvgIpc) is 2.74. The molecule has 0 saturated heterocycles. The maximum Gasteiger partial charge on any atom is 0.257 e. The molecule has 0 heterocycles. The van der Waals surface area contributed by atoms with Crippen molar-refractivity contribution in [3.05, 3.63) is 83.4 Å². The first kappa shape index (κ1) is 20.5. The first-order valence-corrected chi connectivity index (χ1v) is 10.2. The van der Waals surface area contributed by atoms with Gasteiger partial charge >= 0.3 is 0 Å². The molecule has 0 aliphatic rings. The third-order valence-electron chi connectivity index (χ3n) is 4.44. The van der Waals surface area contributed by atoms with Crippen molar-refractivity contribution in [2.45, 2.75) is 11.8 Å². The van der Waals surface area contributed by atoms with Gasteiger partial charge in [0.1, 0.15) is 5.75 Å². The van der Waals surface area contributed by atoms with Crippen LogP contribution in [-0.2, 0) is 0 Å². The quantitative estimate of drug-likeness (QED) is 0.550. The number of nitrogens with one attached hydrogen (secondary N) is 2. The number of amides is 2. The Hall–Kier alpha value is -3.25. The maximum absolute atomic E-state index is 12.9. The second-order valence-electron chi connectivity index (χ2n) is 6.37. The highest BCUT2D eigenvalue weighted by molar-refractivity contribution is 7.98. The Morgan fingerprint density at radius 3 is 2.38 bits per heavy atom. The standard InChI is InChI=1S/C23H22N2O3S/c1-15-11-12-18(29-3)14-20(15)23(27)25-21-10-5-4-9-19(21)22(26)24-16-7-6-8-17(13-16)28-2/h4-14H,1-3H3,(H,24,26)(H,25,27). The third kappa shape index (κ3) is 4.97. The van der Waals surface area contributed by atoms with Gasteiger partial charge in [-0.15, -0.1) is 11.8 Å². The fraction of sp³-hybridized carbons (Fsp3) is 0.130. The second-order valence-corrected chi connectivity index (χ2v) is 7.25. The Kier molecular flexibility index (Phi) is 6.57. The van der Waals surface area contributed by atoms with Crippen LogP contribution in [0.2, 0.25) is 0 Å². The predicted octanol–water partition coefficient (Wildman–Crippen LogP) is 5.23. The lowest BCUT2D eigenvalue weighted by atomic mass is 10.1. The molecule has 29 heavy (non-hydrogen) atoms. The number of hydrogen-bond acceptors (Lipinski definition) is 4. The lowest BCUT2D eigenvalue weighted by Crippen LogP contribution is -2.19. The zero-order valence-corrected chi connectivity index (χ0v) is 17.3. The number of aryl methyl sites for hydroxylation is 1. The van der Waals surface area contributed by atoms with Crippen molar-refractivity contribution < 1.29 is 14.3 Å². The molecule has 3 aromatic carbocycles. The van der Waals surface area contributed by atoms with E-state index < -0.39 is 0 Å². The third-order valence-corrected chi connectivity index (χ3v) is 5.16. The van der Waals surface area contributed by atoms with E-state index in [0.717, 1.165) is 10.5 Å². The largest absolute Gasteiger partial charge is 0.497 e. The van der Waals surface area contributed by atoms with E-state index in [-0.39, 0.29) is 11.8 Å². The zero-order chi connectivity index (χ0) is 20.8. The van der Waals surface area contributed by atoms with Gasteiger partial charge in [0.2, 0.25) is 0 Å². The second kappa shape index (κ2) is 9.30. The van der Waals surface area contributed by atoms with E-state index in [9.17, 15) is 9.59 Å². The molecule has 5 nitrogen and oxygen atoms in total. The van der Waals surface area contributed by atoms with E-state index in [1.54, 1.807) is 67.4 Å². The Labute approximate surface area is 174 Å². The Bertz CT molecular complexity index is 1050. The van der Waals surface area contributed by atoms with Gasteiger partial charge in [-0.2, -0.15) is 0 Å². The number of thioether (sulfide) groups is 1. The maximum atomic E-state index is 12.9. The molecule has 6 heteroatoms. The van der Waals surface area contributed by atoms with Crippen LogP contribution in [0.1, 0.15) is 26.3 Å². The predicted molar refractivity (Wildman–Crippen MR) is 118 cm³/mol. The highest BCUT2D eigenvalue weighted by atomic mass is 32.2. The first-order valence-electron chi connectivity index (χ1n) is 9.02. The van der Waals surface area contributed by atoms with Crippen LogP contribution in [0, 0.1) is 6.92 Å². The Balaban J connectivity index is 1.83. The number of anilines is 2. The average molecular weight is 407 g/mol. The van der Waals surface area contributed by atoms with Crippen LogP contribution in [-0.4, -0.2) is 25.2 Å². The van der Waals surface area contributed by atoms with Gasteiger partial charge in [0, 0.05) is 22.2 Å². The van der Waals surface area contributed by atoms with E-state index >= 15 is 0 Å². The minimum Gasteiger partial charge on any atom is -0.497 e. The van der Waals surface area contributed by atoms with Crippen LogP contribution < -0.4 is 15.4 Å². The van der Waals surface area contributed by atoms with Gasteiger partial charge in [0.15, 0.2) is 0 Å². The van der Waals surface area contributed by atoms with Crippen LogP contribution in [0.25, 0.3) is 0 Å². The van der Waals surface area contributed by atoms with Crippen molar-refractivity contribution in [3.63, 3.8) is 0 Å². The number of methoxy groups -OCH3 is 1. The summed E-state index contributed by atoms with van der Waals surface area (Å²) < 4.78 is 5.19. The first-order chi connectivity index (χ1) is 14.0. The SMILES string of the molecule is COc1cccc(NC(=O)c2ccccc2NC(=O)c2cc(SC)ccc2C)c1. The number of carbonyl (C=O) groups excluding carboxylic acids is 2. The molecule has 0 spiro atoms. The van der Waals surface area contributed by atoms with Crippen molar-refractivity contribution in [1.29, 1.82) is 0 Å². The van der Waals surface area contributed by atoms with Crippen molar-refractivity contribution in [2.24, 2.45) is 0 Å². The van der Waals surface area contributed by atoms with Crippen LogP contribution in [0.5, 0.6) is 5.75 Å². The summed E-state index contributed by atoms with van der Waals surface area (Å²) in [5.74, 6) is 0.0808. The summed E-state index contributed by atoms with van der Waals surface area (Å²) in [6, 6.07) is 19.8. The molecule has 0 aliphatic carbocycles. The fourth-order valence-corrected chi connectivity index (χ4v) is 3.29. The number of benzene rings is 3. The molecule has 0 radical (unpaired) electrons. The normalized spacial score (nSPS) is 10.3. The number of ether oxygens (including phenoxy) is 1. The molecule has 0 saturated carbocycles. The number of para-hydroxylation sites is 1. The fourth-order valence-electron chi connectivity index (χ4n) is 2.85. The van der Waals surface area contributed by atoms with Gasteiger partial charge < -0.3 is 15.4 Å². The minimum absolute atomic E-state index is 0.250. The highest BCUT2D eigenvalue weighted by Crippen LogP contribution is 2.23. The molecule has 148 valence electrons. The molecule has 0 aromatic heterocycles. The summed E-state index contributed by atoms with van der Waals surface area (Å²) in [5, 5.41) is 5.72. The van der Waals surface area contributed by atoms with E-state index in [2.05, 4.69) is 10.6 Å². The molecule has 3 aromatic rings. The van der Waals surface area contributed by atoms with E-state index in [1.807, 2.05) is 31.4 Å². The minimum atomic E-state index is -0.316. The van der Waals surface area contributed by atoms with Crippen LogP contribution in [0.4, 0.5) is 11.4 Å². The smallest absolute Gasteiger partial charge is 0.257 e. The molecule has 0 fully saturated rings. The molecule has 0 atom stereocenters. The topological polar surface area (TPSA) is 67.4 Å². The van der Waals surface area contributed by atoms with Gasteiger partial charge in [-0.3, -0.25) is 9.59 Å². The van der Waals surface area contributed by atoms with Gasteiger partial charge in [-0.25, -0.2) is 0 Å². The lowest BCUT2D eigenvalue weighted by molar-refractivity contribution is 0.102. The molecule has 0 unspecified atom stereocenters. The van der Waals surface area contributed by atoms with Crippen molar-refractivity contribution in [2.75, 3.05) is 24.0 Å². The van der Waals surface area contributed by atoms with Gasteiger partial charge in [0.05, 0.1) is 18.4 Å². The van der Waals surface area contributed by atoms with E-state index in [4.69, 9.17) is 4.74 Å². The summed E-state index contributed by atoms with van der Waals surface area (Å²) in [7, 11) is 1.57. The van der Waals surface area contributed by atoms with Crippen molar-refractivity contribution >= 4 is 35.0 Å². The Morgan fingerprint density at radius 1 is 0.862 bits per heavy atom. The number of rotatable bonds is 6. The molecule has 0 bridgehead atoms. The molecule has 2 N–H and O–H groups in total. The molecular formula is C23H22N2O3S. The summed E-state index contributed by atoms with van der Waals surface area (Å²) in [4.78, 5) is 26.7. The highest BCUT2D eigenvalue weighted by Gasteiger charge is 2.16. The van der Waals surface area contributed by atoms with Crippen LogP contribution in [0.3, 0.4) is 0 Å². The monoisotopic (exact) mass is 406 g/mol. The lowest BCUT2D eigenvalue weighted by Gasteiger charge is -2.13. The summed E-state index contributed by atoms with van der Waals surface area (Å²) >= 11 is 1.57. The number of hydrogen-bond donors (Lipinski definition) is 2. The van der Waals surface area contributed by atoms with E-state index in [1.165, 1.54) is 0 Å². The van der Waals surface area contributed by atoms with Gasteiger partial charge in [0.25, 0.3) is 11.8 Å². The number of carbonyl (C=O) groups is 2. The van der Waals surface area contributed by atoms with Crippen molar-refractivity contribution in [1.82, 2.24) is 0 Å². The van der Waals surface area contributed by atoms with Gasteiger partial charge in [-0.05, 0) is 55.1 Å². The van der Waals surface area contributed by atoms with Gasteiger partial charge in [-0.1, -0.05) is 24.3 Å². The molecule has 2 amide bonds. The van der Waals surface area contributed by atoms with Crippen LogP contribution >= 0.6 is 11.8 Å². The van der Waals surface area contributed by atoms with Crippen molar-refractivity contribution in [3.8, 4) is 5.75 Å². The molecular weight excluding hydrogens is 384 g/mol. The molecule has 0 aliphatic heterocycles. The summed E-state index contributed by atoms with van der Waals surface area (Å²) in [5.41, 5.74) is 2.90. The summed E-state index contributed by atoms with van der Waals surface area (Å²) in [6.07, 6.45) is 1.96. The summed E-state index contributed by atoms with van der Waals surface area (Å²) in [6.45, 7) is 1.89. The van der Waals surface area contributed by atoms with Crippen LogP contribution in [0.15, 0.2) is 71.6 Å².